The highest BCUT2D eigenvalue weighted by molar-refractivity contribution is 6.10. The van der Waals surface area contributed by atoms with Gasteiger partial charge in [-0.15, -0.1) is 6.42 Å². The number of nitrogens with one attached hydrogen (secondary N) is 2. The van der Waals surface area contributed by atoms with Gasteiger partial charge in [-0.25, -0.2) is 4.79 Å². The molecule has 1 aliphatic heterocycles. The van der Waals surface area contributed by atoms with Crippen molar-refractivity contribution in [1.82, 2.24) is 10.2 Å². The Bertz CT molecular complexity index is 860. The van der Waals surface area contributed by atoms with Crippen molar-refractivity contribution in [3.8, 4) is 12.3 Å². The Labute approximate surface area is 172 Å². The predicted molar refractivity (Wildman–Crippen MR) is 112 cm³/mol. The van der Waals surface area contributed by atoms with Crippen LogP contribution in [-0.4, -0.2) is 34.8 Å². The monoisotopic (exact) mass is 395 g/mol. The lowest BCUT2D eigenvalue weighted by Crippen LogP contribution is -2.51. The maximum absolute atomic E-state index is 13.0. The van der Waals surface area contributed by atoms with Gasteiger partial charge in [-0.05, 0) is 55.2 Å². The number of hydrogen-bond acceptors (Lipinski definition) is 3. The molecule has 0 bridgehead atoms. The molecule has 1 spiro atoms. The first-order chi connectivity index (χ1) is 13.7. The van der Waals surface area contributed by atoms with Gasteiger partial charge in [0, 0.05) is 11.3 Å². The standard InChI is InChI=1S/C23H29N3O3/c1-5-16-8-7-9-18(14-16)24-19(27)15-26-20(28)23(25-21(26)29)12-10-17(11-13-23)22(3,4)6-2/h1,7-9,14,17H,6,10-13,15H2,2-4H3,(H,24,27)(H,25,29). The quantitative estimate of drug-likeness (QED) is 0.591. The molecule has 0 aromatic heterocycles. The van der Waals surface area contributed by atoms with Gasteiger partial charge in [-0.1, -0.05) is 39.2 Å². The molecule has 1 aromatic rings. The van der Waals surface area contributed by atoms with Crippen LogP contribution in [-0.2, 0) is 9.59 Å². The molecule has 2 N–H and O–H groups in total. The van der Waals surface area contributed by atoms with Crippen molar-refractivity contribution < 1.29 is 14.4 Å². The van der Waals surface area contributed by atoms with Crippen molar-refractivity contribution in [1.29, 1.82) is 0 Å². The zero-order valence-electron chi connectivity index (χ0n) is 17.4. The van der Waals surface area contributed by atoms with Gasteiger partial charge in [0.25, 0.3) is 5.91 Å². The molecule has 0 atom stereocenters. The van der Waals surface area contributed by atoms with E-state index in [0.717, 1.165) is 24.2 Å². The Morgan fingerprint density at radius 1 is 1.34 bits per heavy atom. The molecular formula is C23H29N3O3. The van der Waals surface area contributed by atoms with Crippen LogP contribution in [0.4, 0.5) is 10.5 Å². The Morgan fingerprint density at radius 2 is 2.03 bits per heavy atom. The van der Waals surface area contributed by atoms with Crippen LogP contribution in [0.15, 0.2) is 24.3 Å². The van der Waals surface area contributed by atoms with Gasteiger partial charge in [0.1, 0.15) is 12.1 Å². The molecule has 1 saturated heterocycles. The molecule has 154 valence electrons. The van der Waals surface area contributed by atoms with Crippen LogP contribution >= 0.6 is 0 Å². The van der Waals surface area contributed by atoms with Crippen LogP contribution < -0.4 is 10.6 Å². The van der Waals surface area contributed by atoms with Gasteiger partial charge in [0.05, 0.1) is 0 Å². The van der Waals surface area contributed by atoms with Gasteiger partial charge in [-0.3, -0.25) is 14.5 Å². The predicted octanol–water partition coefficient (Wildman–Crippen LogP) is 3.52. The highest BCUT2D eigenvalue weighted by atomic mass is 16.2. The molecule has 4 amide bonds. The minimum atomic E-state index is -0.860. The van der Waals surface area contributed by atoms with E-state index in [-0.39, 0.29) is 17.9 Å². The Balaban J connectivity index is 1.64. The molecule has 6 heteroatoms. The second-order valence-electron chi connectivity index (χ2n) is 8.79. The lowest BCUT2D eigenvalue weighted by atomic mass is 9.65. The first-order valence-electron chi connectivity index (χ1n) is 10.2. The summed E-state index contributed by atoms with van der Waals surface area (Å²) < 4.78 is 0. The van der Waals surface area contributed by atoms with E-state index in [1.54, 1.807) is 24.3 Å². The van der Waals surface area contributed by atoms with Crippen LogP contribution in [0.2, 0.25) is 0 Å². The highest BCUT2D eigenvalue weighted by Gasteiger charge is 2.53. The third-order valence-corrected chi connectivity index (χ3v) is 6.72. The fraction of sp³-hybridized carbons (Fsp3) is 0.522. The normalized spacial score (nSPS) is 24.3. The molecule has 6 nitrogen and oxygen atoms in total. The molecule has 1 heterocycles. The summed E-state index contributed by atoms with van der Waals surface area (Å²) in [5.41, 5.74) is 0.541. The SMILES string of the molecule is C#Cc1cccc(NC(=O)CN2C(=O)NC3(CCC(C(C)(C)CC)CC3)C2=O)c1. The molecule has 1 saturated carbocycles. The number of carbonyl (C=O) groups is 3. The van der Waals surface area contributed by atoms with E-state index >= 15 is 0 Å². The van der Waals surface area contributed by atoms with Gasteiger partial charge >= 0.3 is 6.03 Å². The summed E-state index contributed by atoms with van der Waals surface area (Å²) in [7, 11) is 0. The molecule has 0 unspecified atom stereocenters. The van der Waals surface area contributed by atoms with Crippen molar-refractivity contribution >= 4 is 23.5 Å². The zero-order valence-corrected chi connectivity index (χ0v) is 17.4. The molecule has 2 fully saturated rings. The molecule has 2 aliphatic rings. The number of nitrogens with zero attached hydrogens (tertiary/aromatic N) is 1. The van der Waals surface area contributed by atoms with Crippen molar-refractivity contribution in [2.24, 2.45) is 11.3 Å². The summed E-state index contributed by atoms with van der Waals surface area (Å²) >= 11 is 0. The average molecular weight is 396 g/mol. The number of imide groups is 1. The van der Waals surface area contributed by atoms with Gasteiger partial charge in [0.15, 0.2) is 0 Å². The number of carbonyl (C=O) groups excluding carboxylic acids is 3. The van der Waals surface area contributed by atoms with Crippen molar-refractivity contribution in [3.63, 3.8) is 0 Å². The molecule has 29 heavy (non-hydrogen) atoms. The number of hydrogen-bond donors (Lipinski definition) is 2. The van der Waals surface area contributed by atoms with E-state index in [9.17, 15) is 14.4 Å². The molecule has 1 aliphatic carbocycles. The van der Waals surface area contributed by atoms with Crippen molar-refractivity contribution in [3.05, 3.63) is 29.8 Å². The number of amides is 4. The van der Waals surface area contributed by atoms with E-state index in [2.05, 4.69) is 37.3 Å². The second kappa shape index (κ2) is 7.90. The number of urea groups is 1. The largest absolute Gasteiger partial charge is 0.325 e. The number of rotatable bonds is 5. The molecule has 0 radical (unpaired) electrons. The van der Waals surface area contributed by atoms with Crippen LogP contribution in [0.5, 0.6) is 0 Å². The summed E-state index contributed by atoms with van der Waals surface area (Å²) in [6, 6.07) is 6.39. The topological polar surface area (TPSA) is 78.5 Å². The van der Waals surface area contributed by atoms with Crippen molar-refractivity contribution in [2.45, 2.75) is 58.4 Å². The Morgan fingerprint density at radius 3 is 2.66 bits per heavy atom. The summed E-state index contributed by atoms with van der Waals surface area (Å²) in [6.45, 7) is 6.40. The number of terminal acetylenes is 1. The Kier molecular flexibility index (Phi) is 5.70. The summed E-state index contributed by atoms with van der Waals surface area (Å²) in [4.78, 5) is 39.0. The fourth-order valence-electron chi connectivity index (χ4n) is 4.37. The van der Waals surface area contributed by atoms with Crippen LogP contribution in [0, 0.1) is 23.7 Å². The van der Waals surface area contributed by atoms with Gasteiger partial charge in [-0.2, -0.15) is 0 Å². The van der Waals surface area contributed by atoms with Crippen molar-refractivity contribution in [2.75, 3.05) is 11.9 Å². The zero-order chi connectivity index (χ0) is 21.2. The maximum Gasteiger partial charge on any atom is 0.325 e. The highest BCUT2D eigenvalue weighted by Crippen LogP contribution is 2.45. The van der Waals surface area contributed by atoms with Crippen LogP contribution in [0.3, 0.4) is 0 Å². The van der Waals surface area contributed by atoms with E-state index in [0.29, 0.717) is 30.0 Å². The number of anilines is 1. The summed E-state index contributed by atoms with van der Waals surface area (Å²) in [5, 5.41) is 5.58. The summed E-state index contributed by atoms with van der Waals surface area (Å²) in [5.74, 6) is 2.32. The Hall–Kier alpha value is -2.81. The van der Waals surface area contributed by atoms with Gasteiger partial charge < -0.3 is 10.6 Å². The fourth-order valence-corrected chi connectivity index (χ4v) is 4.37. The average Bonchev–Trinajstić information content (AvgIpc) is 2.92. The smallest absolute Gasteiger partial charge is 0.324 e. The third-order valence-electron chi connectivity index (χ3n) is 6.72. The summed E-state index contributed by atoms with van der Waals surface area (Å²) in [6.07, 6.45) is 9.48. The van der Waals surface area contributed by atoms with Crippen LogP contribution in [0.25, 0.3) is 0 Å². The molecular weight excluding hydrogens is 366 g/mol. The minimum absolute atomic E-state index is 0.222. The molecule has 3 rings (SSSR count). The number of benzene rings is 1. The first-order valence-corrected chi connectivity index (χ1v) is 10.2. The first kappa shape index (κ1) is 20.9. The van der Waals surface area contributed by atoms with E-state index < -0.39 is 17.5 Å². The lowest BCUT2D eigenvalue weighted by Gasteiger charge is -2.42. The van der Waals surface area contributed by atoms with E-state index in [4.69, 9.17) is 6.42 Å². The maximum atomic E-state index is 13.0. The minimum Gasteiger partial charge on any atom is -0.324 e. The molecule has 1 aromatic carbocycles. The van der Waals surface area contributed by atoms with Gasteiger partial charge in [0.2, 0.25) is 5.91 Å². The van der Waals surface area contributed by atoms with E-state index in [1.165, 1.54) is 0 Å². The lowest BCUT2D eigenvalue weighted by molar-refractivity contribution is -0.135. The second-order valence-corrected chi connectivity index (χ2v) is 8.79. The van der Waals surface area contributed by atoms with Crippen LogP contribution in [0.1, 0.15) is 58.4 Å². The third kappa shape index (κ3) is 4.14. The van der Waals surface area contributed by atoms with E-state index in [1.807, 2.05) is 0 Å².